The molecule has 0 aliphatic heterocycles. The molecule has 0 unspecified atom stereocenters. The molecule has 0 bridgehead atoms. The van der Waals surface area contributed by atoms with Gasteiger partial charge in [-0.1, -0.05) is 23.8 Å². The van der Waals surface area contributed by atoms with Gasteiger partial charge >= 0.3 is 5.97 Å². The van der Waals surface area contributed by atoms with E-state index in [2.05, 4.69) is 6.08 Å². The predicted molar refractivity (Wildman–Crippen MR) is 103 cm³/mol. The lowest BCUT2D eigenvalue weighted by atomic mass is 9.95. The maximum Gasteiger partial charge on any atom is 0.309 e. The molecule has 1 aliphatic rings. The summed E-state index contributed by atoms with van der Waals surface area (Å²) >= 11 is 5.90. The number of benzene rings is 1. The van der Waals surface area contributed by atoms with Gasteiger partial charge in [0.1, 0.15) is 11.5 Å². The van der Waals surface area contributed by atoms with E-state index in [-0.39, 0.29) is 24.4 Å². The van der Waals surface area contributed by atoms with Crippen LogP contribution in [0.3, 0.4) is 0 Å². The van der Waals surface area contributed by atoms with Gasteiger partial charge in [-0.3, -0.25) is 9.59 Å². The van der Waals surface area contributed by atoms with Crippen molar-refractivity contribution in [3.8, 4) is 11.3 Å². The minimum atomic E-state index is -0.302. The second-order valence-electron chi connectivity index (χ2n) is 6.61. The summed E-state index contributed by atoms with van der Waals surface area (Å²) in [5.41, 5.74) is 0.912. The topological polar surface area (TPSA) is 59.8 Å². The van der Waals surface area contributed by atoms with Crippen molar-refractivity contribution in [2.45, 2.75) is 25.8 Å². The monoisotopic (exact) mass is 387 g/mol. The second-order valence-corrected chi connectivity index (χ2v) is 7.05. The highest BCUT2D eigenvalue weighted by Gasteiger charge is 2.22. The van der Waals surface area contributed by atoms with Crippen LogP contribution in [0.15, 0.2) is 53.0 Å². The zero-order valence-electron chi connectivity index (χ0n) is 15.2. The van der Waals surface area contributed by atoms with Crippen LogP contribution in [0.2, 0.25) is 5.02 Å². The van der Waals surface area contributed by atoms with Gasteiger partial charge in [-0.05, 0) is 55.7 Å². The fraction of sp³-hybridized carbons (Fsp3) is 0.333. The van der Waals surface area contributed by atoms with E-state index in [0.29, 0.717) is 29.5 Å². The van der Waals surface area contributed by atoms with E-state index in [1.54, 1.807) is 19.2 Å². The molecule has 142 valence electrons. The molecule has 0 spiro atoms. The van der Waals surface area contributed by atoms with Crippen LogP contribution in [0.25, 0.3) is 11.3 Å². The van der Waals surface area contributed by atoms with Crippen LogP contribution in [0.1, 0.15) is 25.0 Å². The van der Waals surface area contributed by atoms with Crippen LogP contribution in [0.4, 0.5) is 0 Å². The van der Waals surface area contributed by atoms with Crippen molar-refractivity contribution in [1.82, 2.24) is 4.90 Å². The third kappa shape index (κ3) is 5.23. The highest BCUT2D eigenvalue weighted by molar-refractivity contribution is 6.30. The molecule has 1 heterocycles. The molecule has 5 nitrogen and oxygen atoms in total. The molecule has 1 atom stereocenters. The number of carbonyl (C=O) groups is 2. The van der Waals surface area contributed by atoms with Crippen molar-refractivity contribution in [3.63, 3.8) is 0 Å². The van der Waals surface area contributed by atoms with Crippen molar-refractivity contribution in [2.24, 2.45) is 5.92 Å². The number of carbonyl (C=O) groups excluding carboxylic acids is 2. The summed E-state index contributed by atoms with van der Waals surface area (Å²) in [5.74, 6) is 0.655. The van der Waals surface area contributed by atoms with Gasteiger partial charge < -0.3 is 14.1 Å². The molecule has 1 aromatic carbocycles. The number of halogens is 1. The highest BCUT2D eigenvalue weighted by Crippen LogP contribution is 2.24. The first-order chi connectivity index (χ1) is 13.0. The molecule has 3 rings (SSSR count). The van der Waals surface area contributed by atoms with Gasteiger partial charge in [-0.2, -0.15) is 0 Å². The van der Waals surface area contributed by atoms with Crippen LogP contribution >= 0.6 is 11.6 Å². The van der Waals surface area contributed by atoms with Crippen LogP contribution in [0, 0.1) is 5.92 Å². The van der Waals surface area contributed by atoms with Crippen molar-refractivity contribution >= 4 is 23.5 Å². The molecule has 2 aromatic rings. The van der Waals surface area contributed by atoms with Crippen molar-refractivity contribution in [3.05, 3.63) is 59.3 Å². The summed E-state index contributed by atoms with van der Waals surface area (Å²) in [4.78, 5) is 25.7. The van der Waals surface area contributed by atoms with Crippen molar-refractivity contribution < 1.29 is 18.7 Å². The quantitative estimate of drug-likeness (QED) is 0.542. The molecule has 1 aliphatic carbocycles. The van der Waals surface area contributed by atoms with Gasteiger partial charge in [0, 0.05) is 17.6 Å². The lowest BCUT2D eigenvalue weighted by molar-refractivity contribution is -0.155. The number of furan rings is 1. The minimum Gasteiger partial charge on any atom is -0.459 e. The Hall–Kier alpha value is -2.53. The smallest absolute Gasteiger partial charge is 0.309 e. The molecule has 6 heteroatoms. The third-order valence-corrected chi connectivity index (χ3v) is 4.80. The summed E-state index contributed by atoms with van der Waals surface area (Å²) in [7, 11) is 1.66. The van der Waals surface area contributed by atoms with Gasteiger partial charge in [0.25, 0.3) is 5.91 Å². The van der Waals surface area contributed by atoms with E-state index in [4.69, 9.17) is 20.8 Å². The van der Waals surface area contributed by atoms with Gasteiger partial charge in [-0.15, -0.1) is 0 Å². The number of amides is 1. The second kappa shape index (κ2) is 8.91. The Morgan fingerprint density at radius 3 is 2.67 bits per heavy atom. The van der Waals surface area contributed by atoms with Crippen molar-refractivity contribution in [2.75, 3.05) is 13.7 Å². The minimum absolute atomic E-state index is 0.139. The summed E-state index contributed by atoms with van der Waals surface area (Å²) in [6, 6.07) is 11.0. The first-order valence-corrected chi connectivity index (χ1v) is 9.31. The number of likely N-dealkylation sites (N-methyl/N-ethyl adjacent to an activating group) is 1. The molecule has 0 N–H and O–H groups in total. The van der Waals surface area contributed by atoms with Crippen LogP contribution < -0.4 is 0 Å². The molecule has 27 heavy (non-hydrogen) atoms. The Morgan fingerprint density at radius 2 is 1.96 bits per heavy atom. The number of ether oxygens (including phenoxy) is 1. The molecule has 0 fully saturated rings. The molecule has 0 saturated carbocycles. The van der Waals surface area contributed by atoms with Gasteiger partial charge in [0.15, 0.2) is 6.61 Å². The number of esters is 1. The maximum atomic E-state index is 12.2. The Morgan fingerprint density at radius 1 is 1.19 bits per heavy atom. The zero-order chi connectivity index (χ0) is 19.2. The van der Waals surface area contributed by atoms with E-state index in [1.165, 1.54) is 4.90 Å². The normalized spacial score (nSPS) is 16.1. The third-order valence-electron chi connectivity index (χ3n) is 4.55. The van der Waals surface area contributed by atoms with E-state index in [9.17, 15) is 9.59 Å². The van der Waals surface area contributed by atoms with E-state index >= 15 is 0 Å². The largest absolute Gasteiger partial charge is 0.459 e. The first-order valence-electron chi connectivity index (χ1n) is 8.93. The van der Waals surface area contributed by atoms with Gasteiger partial charge in [-0.25, -0.2) is 0 Å². The lowest BCUT2D eigenvalue weighted by Crippen LogP contribution is -2.32. The van der Waals surface area contributed by atoms with Crippen molar-refractivity contribution in [1.29, 1.82) is 0 Å². The SMILES string of the molecule is CN(Cc1ccc(-c2ccc(Cl)cc2)o1)C(=O)COC(=O)[C@H]1CC=CCC1. The number of hydrogen-bond donors (Lipinski definition) is 0. The molecule has 1 aromatic heterocycles. The Labute approximate surface area is 163 Å². The highest BCUT2D eigenvalue weighted by atomic mass is 35.5. The fourth-order valence-corrected chi connectivity index (χ4v) is 3.05. The molecular formula is C21H22ClNO4. The van der Waals surface area contributed by atoms with E-state index in [1.807, 2.05) is 30.3 Å². The predicted octanol–water partition coefficient (Wildman–Crippen LogP) is 4.46. The molecular weight excluding hydrogens is 366 g/mol. The van der Waals surface area contributed by atoms with Crippen LogP contribution in [0.5, 0.6) is 0 Å². The molecule has 1 amide bonds. The Kier molecular flexibility index (Phi) is 6.35. The van der Waals surface area contributed by atoms with Gasteiger partial charge in [0.05, 0.1) is 12.5 Å². The lowest BCUT2D eigenvalue weighted by Gasteiger charge is -2.19. The summed E-state index contributed by atoms with van der Waals surface area (Å²) in [6.45, 7) is 0.0520. The van der Waals surface area contributed by atoms with E-state index < -0.39 is 0 Å². The average Bonchev–Trinajstić information content (AvgIpc) is 3.15. The van der Waals surface area contributed by atoms with Gasteiger partial charge in [0.2, 0.25) is 0 Å². The number of hydrogen-bond acceptors (Lipinski definition) is 4. The van der Waals surface area contributed by atoms with E-state index in [0.717, 1.165) is 18.4 Å². The summed E-state index contributed by atoms with van der Waals surface area (Å²) < 4.78 is 11.0. The molecule has 0 saturated heterocycles. The Balaban J connectivity index is 1.50. The summed E-state index contributed by atoms with van der Waals surface area (Å²) in [5, 5.41) is 0.662. The number of rotatable bonds is 6. The van der Waals surface area contributed by atoms with Crippen LogP contribution in [-0.2, 0) is 20.9 Å². The number of nitrogens with zero attached hydrogens (tertiary/aromatic N) is 1. The van der Waals surface area contributed by atoms with Crippen LogP contribution in [-0.4, -0.2) is 30.4 Å². The fourth-order valence-electron chi connectivity index (χ4n) is 2.92. The standard InChI is InChI=1S/C21H22ClNO4/c1-23(20(24)14-26-21(25)16-5-3-2-4-6-16)13-18-11-12-19(27-18)15-7-9-17(22)10-8-15/h2-3,7-12,16H,4-6,13-14H2,1H3/t16-/m0/s1. The number of allylic oxidation sites excluding steroid dienone is 2. The summed E-state index contributed by atoms with van der Waals surface area (Å²) in [6.07, 6.45) is 6.38. The molecule has 0 radical (unpaired) electrons. The average molecular weight is 388 g/mol. The zero-order valence-corrected chi connectivity index (χ0v) is 15.9. The maximum absolute atomic E-state index is 12.2. The first kappa shape index (κ1) is 19.2. The Bertz CT molecular complexity index is 825.